The molecule has 0 aliphatic carbocycles. The van der Waals surface area contributed by atoms with Crippen molar-refractivity contribution in [1.82, 2.24) is 16.0 Å². The fourth-order valence-electron chi connectivity index (χ4n) is 0.681. The second-order valence-corrected chi connectivity index (χ2v) is 3.69. The van der Waals surface area contributed by atoms with E-state index in [1.54, 1.807) is 0 Å². The Bertz CT molecular complexity index is 89.2. The predicted octanol–water partition coefficient (Wildman–Crippen LogP) is -0.666. The average molecular weight is 396 g/mol. The minimum atomic E-state index is 0. The van der Waals surface area contributed by atoms with Crippen LogP contribution in [0.1, 0.15) is 13.8 Å². The van der Waals surface area contributed by atoms with Gasteiger partial charge in [-0.15, -0.1) is 19.6 Å². The van der Waals surface area contributed by atoms with Crippen molar-refractivity contribution in [3.8, 4) is 0 Å². The third-order valence-electron chi connectivity index (χ3n) is 1.49. The van der Waals surface area contributed by atoms with Crippen LogP contribution in [0, 0.1) is 27.2 Å². The molecule has 0 radical (unpaired) electrons. The molecule has 9 N–H and O–H groups in total. The topological polar surface area (TPSA) is 114 Å². The molecule has 0 fully saturated rings. The second kappa shape index (κ2) is 49.5. The minimum absolute atomic E-state index is 0. The molecule has 22 heavy (non-hydrogen) atoms. The zero-order valence-corrected chi connectivity index (χ0v) is 17.3. The first kappa shape index (κ1) is 34.1. The molecule has 0 unspecified atom stereocenters. The smallest absolute Gasteiger partial charge is 0.345 e. The summed E-state index contributed by atoms with van der Waals surface area (Å²) in [6, 6.07) is 0. The van der Waals surface area contributed by atoms with Crippen LogP contribution in [0.2, 0.25) is 0 Å². The molecule has 0 aromatic carbocycles. The van der Waals surface area contributed by atoms with Crippen molar-refractivity contribution >= 4 is 0 Å². The van der Waals surface area contributed by atoms with Gasteiger partial charge in [-0.2, -0.15) is 13.8 Å². The van der Waals surface area contributed by atoms with Crippen molar-refractivity contribution in [2.75, 3.05) is 58.9 Å². The van der Waals surface area contributed by atoms with Gasteiger partial charge >= 0.3 is 26.2 Å². The van der Waals surface area contributed by atoms with Crippen LogP contribution >= 0.6 is 0 Å². The van der Waals surface area contributed by atoms with Crippen molar-refractivity contribution < 1.29 is 26.2 Å². The van der Waals surface area contributed by atoms with Crippen LogP contribution in [0.5, 0.6) is 0 Å². The summed E-state index contributed by atoms with van der Waals surface area (Å²) in [6.07, 6.45) is 2.00. The molecule has 0 aliphatic rings. The van der Waals surface area contributed by atoms with Crippen LogP contribution in [0.15, 0.2) is 0 Å². The van der Waals surface area contributed by atoms with Crippen molar-refractivity contribution in [2.45, 2.75) is 13.8 Å². The van der Waals surface area contributed by atoms with E-state index in [1.165, 1.54) is 0 Å². The zero-order valence-electron chi connectivity index (χ0n) is 14.8. The van der Waals surface area contributed by atoms with Gasteiger partial charge in [-0.3, -0.25) is 0 Å². The summed E-state index contributed by atoms with van der Waals surface area (Å²) in [5, 5.41) is 8.89. The van der Waals surface area contributed by atoms with E-state index < -0.39 is 0 Å². The first-order chi connectivity index (χ1) is 10.2. The van der Waals surface area contributed by atoms with Gasteiger partial charge in [0.1, 0.15) is 0 Å². The fourth-order valence-corrected chi connectivity index (χ4v) is 0.681. The summed E-state index contributed by atoms with van der Waals surface area (Å²) in [5.41, 5.74) is 15.4. The third-order valence-corrected chi connectivity index (χ3v) is 1.49. The molecule has 0 saturated heterocycles. The van der Waals surface area contributed by atoms with E-state index in [-0.39, 0.29) is 26.2 Å². The van der Waals surface area contributed by atoms with E-state index in [0.29, 0.717) is 19.6 Å². The predicted molar refractivity (Wildman–Crippen MR) is 97.5 cm³/mol. The molecule has 0 aromatic rings. The second-order valence-electron chi connectivity index (χ2n) is 3.69. The van der Waals surface area contributed by atoms with E-state index in [4.69, 9.17) is 17.2 Å². The molecule has 0 heterocycles. The molecule has 6 nitrogen and oxygen atoms in total. The van der Waals surface area contributed by atoms with E-state index in [0.717, 1.165) is 39.3 Å². The number of rotatable bonds is 9. The van der Waals surface area contributed by atoms with Gasteiger partial charge in [0, 0.05) is 39.3 Å². The Balaban J connectivity index is -0.0000000591. The SMILES string of the molecule is C[CH-]C.[CH2-]CNCCN.[CH2-]CNCCN.[CH2-]CNCCN.[Zr+4]. The van der Waals surface area contributed by atoms with E-state index in [2.05, 4.69) is 36.7 Å². The summed E-state index contributed by atoms with van der Waals surface area (Å²) >= 11 is 0. The molecule has 7 heteroatoms. The molecule has 0 aromatic heterocycles. The minimum Gasteiger partial charge on any atom is -0.345 e. The molecule has 0 rings (SSSR count). The van der Waals surface area contributed by atoms with Crippen LogP contribution in [0.4, 0.5) is 0 Å². The first-order valence-electron chi connectivity index (χ1n) is 7.50. The fraction of sp³-hybridized carbons (Fsp3) is 0.733. The molecule has 0 amide bonds. The van der Waals surface area contributed by atoms with Gasteiger partial charge in [-0.1, -0.05) is 0 Å². The van der Waals surface area contributed by atoms with E-state index in [9.17, 15) is 0 Å². The maximum Gasteiger partial charge on any atom is 4.00 e. The van der Waals surface area contributed by atoms with Crippen molar-refractivity contribution in [1.29, 1.82) is 0 Å². The Morgan fingerprint density at radius 3 is 0.909 bits per heavy atom. The summed E-state index contributed by atoms with van der Waals surface area (Å²) < 4.78 is 0. The van der Waals surface area contributed by atoms with Gasteiger partial charge < -0.3 is 60.3 Å². The zero-order chi connectivity index (χ0) is 17.2. The summed E-state index contributed by atoms with van der Waals surface area (Å²) in [4.78, 5) is 0. The molecule has 0 saturated carbocycles. The molecule has 0 spiro atoms. The molecule has 134 valence electrons. The quantitative estimate of drug-likeness (QED) is 0.228. The normalized spacial score (nSPS) is 8.18. The Labute approximate surface area is 159 Å². The van der Waals surface area contributed by atoms with Gasteiger partial charge in [0.05, 0.1) is 0 Å². The third kappa shape index (κ3) is 85.7. The molecule has 0 aliphatic heterocycles. The number of hydrogen-bond donors (Lipinski definition) is 6. The van der Waals surface area contributed by atoms with Gasteiger partial charge in [-0.05, 0) is 0 Å². The number of hydrogen-bond acceptors (Lipinski definition) is 6. The van der Waals surface area contributed by atoms with Crippen LogP contribution in [0.25, 0.3) is 0 Å². The average Bonchev–Trinajstić information content (AvgIpc) is 2.51. The van der Waals surface area contributed by atoms with Gasteiger partial charge in [0.15, 0.2) is 0 Å². The largest absolute Gasteiger partial charge is 4.00 e. The van der Waals surface area contributed by atoms with Gasteiger partial charge in [0.2, 0.25) is 0 Å². The molecule has 0 bridgehead atoms. The molecular formula is C15H40N6Zr. The molecular weight excluding hydrogens is 355 g/mol. The monoisotopic (exact) mass is 394 g/mol. The first-order valence-corrected chi connectivity index (χ1v) is 7.50. The number of nitrogens with one attached hydrogen (secondary N) is 3. The van der Waals surface area contributed by atoms with Crippen LogP contribution < -0.4 is 33.2 Å². The van der Waals surface area contributed by atoms with Crippen molar-refractivity contribution in [3.63, 3.8) is 0 Å². The van der Waals surface area contributed by atoms with Gasteiger partial charge in [0.25, 0.3) is 0 Å². The summed E-state index contributed by atoms with van der Waals surface area (Å²) in [6.45, 7) is 21.7. The Kier molecular flexibility index (Phi) is 76.7. The summed E-state index contributed by atoms with van der Waals surface area (Å²) in [7, 11) is 0. The van der Waals surface area contributed by atoms with Crippen LogP contribution in [-0.2, 0) is 26.2 Å². The number of nitrogens with two attached hydrogens (primary N) is 3. The Morgan fingerprint density at radius 2 is 0.864 bits per heavy atom. The van der Waals surface area contributed by atoms with E-state index in [1.807, 2.05) is 20.3 Å². The molecule has 0 atom stereocenters. The standard InChI is InChI=1S/3C4H11N2.C3H7.Zr/c3*1-2-6-4-3-5;1-3-2;/h3*6H,1-5H2;3H,1-2H3;/q4*-1;+4. The van der Waals surface area contributed by atoms with Crippen molar-refractivity contribution in [2.24, 2.45) is 17.2 Å². The summed E-state index contributed by atoms with van der Waals surface area (Å²) in [5.74, 6) is 0. The maximum absolute atomic E-state index is 5.12. The van der Waals surface area contributed by atoms with Crippen LogP contribution in [0.3, 0.4) is 0 Å². The van der Waals surface area contributed by atoms with Crippen molar-refractivity contribution in [3.05, 3.63) is 27.2 Å². The maximum atomic E-state index is 5.12. The van der Waals surface area contributed by atoms with Gasteiger partial charge in [-0.25, -0.2) is 0 Å². The Hall–Kier alpha value is 0.643. The Morgan fingerprint density at radius 1 is 0.682 bits per heavy atom. The van der Waals surface area contributed by atoms with Crippen LogP contribution in [-0.4, -0.2) is 58.9 Å². The van der Waals surface area contributed by atoms with E-state index >= 15 is 0 Å².